The van der Waals surface area contributed by atoms with E-state index >= 15 is 0 Å². The number of hydrogen-bond donors (Lipinski definition) is 1. The fourth-order valence-corrected chi connectivity index (χ4v) is 5.03. The third-order valence-corrected chi connectivity index (χ3v) is 6.49. The number of thiophene rings is 1. The van der Waals surface area contributed by atoms with Gasteiger partial charge < -0.3 is 5.73 Å². The zero-order chi connectivity index (χ0) is 11.9. The lowest BCUT2D eigenvalue weighted by Crippen LogP contribution is -2.31. The number of halogens is 2. The van der Waals surface area contributed by atoms with E-state index in [1.807, 2.05) is 0 Å². The first-order valence-electron chi connectivity index (χ1n) is 4.93. The second kappa shape index (κ2) is 5.42. The third kappa shape index (κ3) is 2.94. The summed E-state index contributed by atoms with van der Waals surface area (Å²) in [6.45, 7) is 2.70. The first-order valence-corrected chi connectivity index (χ1v) is 7.56. The van der Waals surface area contributed by atoms with E-state index in [1.54, 1.807) is 13.0 Å². The Morgan fingerprint density at radius 2 is 2.24 bits per heavy atom. The van der Waals surface area contributed by atoms with Gasteiger partial charge in [0.1, 0.15) is 4.21 Å². The fraction of sp³-hybridized carbons (Fsp3) is 0.556. The summed E-state index contributed by atoms with van der Waals surface area (Å²) in [6, 6.07) is 1.57. The molecule has 98 valence electrons. The van der Waals surface area contributed by atoms with E-state index in [9.17, 15) is 8.42 Å². The highest BCUT2D eigenvalue weighted by Crippen LogP contribution is 2.32. The molecule has 0 aromatic carbocycles. The Bertz CT molecular complexity index is 482. The molecule has 1 aromatic rings. The van der Waals surface area contributed by atoms with E-state index in [2.05, 4.69) is 0 Å². The molecule has 0 spiro atoms. The molecule has 2 heterocycles. The SMILES string of the molecule is Cc1cc(S(=O)(=O)N2CC[C@@H](N)C2)sc1Cl.Cl. The molecule has 1 saturated heterocycles. The molecule has 0 aliphatic carbocycles. The third-order valence-electron chi connectivity index (χ3n) is 2.62. The van der Waals surface area contributed by atoms with Gasteiger partial charge >= 0.3 is 0 Å². The van der Waals surface area contributed by atoms with Crippen molar-refractivity contribution in [2.45, 2.75) is 23.6 Å². The van der Waals surface area contributed by atoms with Crippen molar-refractivity contribution in [3.8, 4) is 0 Å². The van der Waals surface area contributed by atoms with Gasteiger partial charge in [-0.3, -0.25) is 0 Å². The van der Waals surface area contributed by atoms with Crippen molar-refractivity contribution in [3.63, 3.8) is 0 Å². The van der Waals surface area contributed by atoms with Crippen LogP contribution in [0.2, 0.25) is 4.34 Å². The number of nitrogens with two attached hydrogens (primary N) is 1. The van der Waals surface area contributed by atoms with Crippen molar-refractivity contribution < 1.29 is 8.42 Å². The van der Waals surface area contributed by atoms with Crippen LogP contribution in [0.15, 0.2) is 10.3 Å². The zero-order valence-electron chi connectivity index (χ0n) is 9.22. The maximum atomic E-state index is 12.2. The van der Waals surface area contributed by atoms with Gasteiger partial charge in [-0.1, -0.05) is 11.6 Å². The van der Waals surface area contributed by atoms with Crippen LogP contribution in [0.4, 0.5) is 0 Å². The van der Waals surface area contributed by atoms with Gasteiger partial charge in [0, 0.05) is 19.1 Å². The lowest BCUT2D eigenvalue weighted by atomic mass is 10.3. The van der Waals surface area contributed by atoms with Crippen molar-refractivity contribution >= 4 is 45.4 Å². The molecule has 0 amide bonds. The van der Waals surface area contributed by atoms with Gasteiger partial charge in [-0.15, -0.1) is 23.7 Å². The van der Waals surface area contributed by atoms with E-state index in [-0.39, 0.29) is 18.4 Å². The lowest BCUT2D eigenvalue weighted by Gasteiger charge is -2.13. The van der Waals surface area contributed by atoms with Crippen LogP contribution in [0.3, 0.4) is 0 Å². The smallest absolute Gasteiger partial charge is 0.252 e. The number of hydrogen-bond acceptors (Lipinski definition) is 4. The molecule has 8 heteroatoms. The standard InChI is InChI=1S/C9H13ClN2O2S2.ClH/c1-6-4-8(15-9(6)10)16(13,14)12-3-2-7(11)5-12;/h4,7H,2-3,5,11H2,1H3;1H/t7-;/m1./s1. The molecule has 1 fully saturated rings. The molecule has 2 N–H and O–H groups in total. The van der Waals surface area contributed by atoms with Gasteiger partial charge in [0.2, 0.25) is 0 Å². The Labute approximate surface area is 116 Å². The van der Waals surface area contributed by atoms with Crippen LogP contribution in [-0.2, 0) is 10.0 Å². The quantitative estimate of drug-likeness (QED) is 0.905. The summed E-state index contributed by atoms with van der Waals surface area (Å²) in [6.07, 6.45) is 0.720. The van der Waals surface area contributed by atoms with Crippen molar-refractivity contribution in [1.82, 2.24) is 4.31 Å². The summed E-state index contributed by atoms with van der Waals surface area (Å²) < 4.78 is 26.6. The van der Waals surface area contributed by atoms with Crippen molar-refractivity contribution in [1.29, 1.82) is 0 Å². The zero-order valence-corrected chi connectivity index (χ0v) is 12.4. The van der Waals surface area contributed by atoms with Gasteiger partial charge in [-0.25, -0.2) is 8.42 Å². The van der Waals surface area contributed by atoms with E-state index in [0.29, 0.717) is 21.6 Å². The number of sulfonamides is 1. The Hall–Kier alpha value is 0.150. The molecule has 1 aliphatic heterocycles. The van der Waals surface area contributed by atoms with Crippen molar-refractivity contribution in [2.75, 3.05) is 13.1 Å². The fourth-order valence-electron chi connectivity index (χ4n) is 1.66. The Morgan fingerprint density at radius 3 is 2.65 bits per heavy atom. The first-order chi connectivity index (χ1) is 7.41. The molecular formula is C9H14Cl2N2O2S2. The summed E-state index contributed by atoms with van der Waals surface area (Å²) >= 11 is 6.99. The summed E-state index contributed by atoms with van der Waals surface area (Å²) in [4.78, 5) is 0. The first kappa shape index (κ1) is 15.2. The molecule has 17 heavy (non-hydrogen) atoms. The Balaban J connectivity index is 0.00000144. The van der Waals surface area contributed by atoms with Gasteiger partial charge in [-0.2, -0.15) is 4.31 Å². The number of nitrogens with zero attached hydrogens (tertiary/aromatic N) is 1. The second-order valence-corrected chi connectivity index (χ2v) is 7.75. The Kier molecular flexibility index (Phi) is 4.85. The highest BCUT2D eigenvalue weighted by Gasteiger charge is 2.32. The Morgan fingerprint density at radius 1 is 1.59 bits per heavy atom. The predicted octanol–water partition coefficient (Wildman–Crippen LogP) is 1.85. The van der Waals surface area contributed by atoms with Crippen LogP contribution in [0, 0.1) is 6.92 Å². The normalized spacial score (nSPS) is 21.5. The largest absolute Gasteiger partial charge is 0.326 e. The monoisotopic (exact) mass is 316 g/mol. The van der Waals surface area contributed by atoms with Gasteiger partial charge in [-0.05, 0) is 25.0 Å². The molecule has 0 saturated carbocycles. The van der Waals surface area contributed by atoms with Crippen LogP contribution in [0.1, 0.15) is 12.0 Å². The van der Waals surface area contributed by atoms with Gasteiger partial charge in [0.05, 0.1) is 4.34 Å². The molecule has 4 nitrogen and oxygen atoms in total. The van der Waals surface area contributed by atoms with Crippen LogP contribution in [0.5, 0.6) is 0 Å². The molecule has 1 aromatic heterocycles. The minimum absolute atomic E-state index is 0. The van der Waals surface area contributed by atoms with Gasteiger partial charge in [0.25, 0.3) is 10.0 Å². The summed E-state index contributed by atoms with van der Waals surface area (Å²) in [7, 11) is -3.39. The minimum atomic E-state index is -3.39. The predicted molar refractivity (Wildman–Crippen MR) is 72.7 cm³/mol. The summed E-state index contributed by atoms with van der Waals surface area (Å²) in [5.41, 5.74) is 6.51. The molecular weight excluding hydrogens is 303 g/mol. The van der Waals surface area contributed by atoms with E-state index in [1.165, 1.54) is 4.31 Å². The van der Waals surface area contributed by atoms with E-state index < -0.39 is 10.0 Å². The summed E-state index contributed by atoms with van der Waals surface area (Å²) in [5, 5.41) is 0. The van der Waals surface area contributed by atoms with Crippen LogP contribution in [-0.4, -0.2) is 31.9 Å². The average molecular weight is 317 g/mol. The highest BCUT2D eigenvalue weighted by molar-refractivity contribution is 7.91. The highest BCUT2D eigenvalue weighted by atomic mass is 35.5. The molecule has 2 rings (SSSR count). The summed E-state index contributed by atoms with van der Waals surface area (Å²) in [5.74, 6) is 0. The van der Waals surface area contributed by atoms with E-state index in [0.717, 1.165) is 23.3 Å². The maximum Gasteiger partial charge on any atom is 0.252 e. The van der Waals surface area contributed by atoms with Crippen LogP contribution >= 0.6 is 35.3 Å². The maximum absolute atomic E-state index is 12.2. The van der Waals surface area contributed by atoms with Crippen LogP contribution < -0.4 is 5.73 Å². The molecule has 1 atom stereocenters. The lowest BCUT2D eigenvalue weighted by molar-refractivity contribution is 0.474. The second-order valence-electron chi connectivity index (χ2n) is 3.93. The number of aryl methyl sites for hydroxylation is 1. The minimum Gasteiger partial charge on any atom is -0.326 e. The van der Waals surface area contributed by atoms with Crippen molar-refractivity contribution in [3.05, 3.63) is 16.0 Å². The number of rotatable bonds is 2. The topological polar surface area (TPSA) is 63.4 Å². The van der Waals surface area contributed by atoms with Crippen LogP contribution in [0.25, 0.3) is 0 Å². The molecule has 0 unspecified atom stereocenters. The average Bonchev–Trinajstić information content (AvgIpc) is 2.75. The molecule has 1 aliphatic rings. The molecule has 0 bridgehead atoms. The molecule has 0 radical (unpaired) electrons. The van der Waals surface area contributed by atoms with Crippen molar-refractivity contribution in [2.24, 2.45) is 5.73 Å². The van der Waals surface area contributed by atoms with Gasteiger partial charge in [0.15, 0.2) is 0 Å². The van der Waals surface area contributed by atoms with E-state index in [4.69, 9.17) is 17.3 Å².